The molecule has 27 heavy (non-hydrogen) atoms. The molecular weight excluding hydrogens is 347 g/mol. The zero-order valence-corrected chi connectivity index (χ0v) is 16.4. The van der Waals surface area contributed by atoms with Crippen molar-refractivity contribution in [3.8, 4) is 0 Å². The summed E-state index contributed by atoms with van der Waals surface area (Å²) in [5.74, 6) is -1.21. The first-order chi connectivity index (χ1) is 12.6. The Morgan fingerprint density at radius 3 is 2.22 bits per heavy atom. The molecule has 1 N–H and O–H groups in total. The van der Waals surface area contributed by atoms with Crippen LogP contribution >= 0.6 is 0 Å². The van der Waals surface area contributed by atoms with Gasteiger partial charge in [0.05, 0.1) is 5.41 Å². The molecule has 148 valence electrons. The van der Waals surface area contributed by atoms with Crippen LogP contribution in [0.1, 0.15) is 39.2 Å². The molecule has 1 heterocycles. The van der Waals surface area contributed by atoms with Crippen LogP contribution in [-0.2, 0) is 16.1 Å². The third-order valence-electron chi connectivity index (χ3n) is 7.00. The number of rotatable bonds is 4. The molecule has 1 amide bonds. The van der Waals surface area contributed by atoms with Gasteiger partial charge in [-0.05, 0) is 42.9 Å². The molecule has 2 aliphatic rings. The number of nitrogens with zero attached hydrogens (tertiary/aromatic N) is 2. The van der Waals surface area contributed by atoms with Crippen molar-refractivity contribution in [1.82, 2.24) is 9.80 Å². The van der Waals surface area contributed by atoms with E-state index >= 15 is 0 Å². The number of carboxylic acid groups (broad SMARTS) is 1. The van der Waals surface area contributed by atoms with Gasteiger partial charge in [0.1, 0.15) is 5.82 Å². The van der Waals surface area contributed by atoms with Crippen molar-refractivity contribution >= 4 is 11.9 Å². The summed E-state index contributed by atoms with van der Waals surface area (Å²) >= 11 is 0. The molecule has 0 unspecified atom stereocenters. The topological polar surface area (TPSA) is 60.9 Å². The first-order valence-electron chi connectivity index (χ1n) is 9.64. The standard InChI is InChI=1S/C21H29FN2O3/c1-20(2)17(8-9-21(20,3)19(26)27)18(25)24-12-10-23(11-13-24)14-15-4-6-16(22)7-5-15/h4-7,17H,8-14H2,1-3H3,(H,26,27)/t17-,21+/m1/s1. The molecule has 1 saturated carbocycles. The molecule has 1 aromatic carbocycles. The Balaban J connectivity index is 1.59. The Hall–Kier alpha value is -1.95. The van der Waals surface area contributed by atoms with Gasteiger partial charge in [0.25, 0.3) is 0 Å². The molecular formula is C21H29FN2O3. The van der Waals surface area contributed by atoms with Gasteiger partial charge in [-0.1, -0.05) is 26.0 Å². The van der Waals surface area contributed by atoms with Gasteiger partial charge < -0.3 is 10.0 Å². The van der Waals surface area contributed by atoms with Crippen LogP contribution in [0, 0.1) is 22.6 Å². The van der Waals surface area contributed by atoms with E-state index in [0.717, 1.165) is 25.2 Å². The molecule has 1 aromatic rings. The lowest BCUT2D eigenvalue weighted by Gasteiger charge is -2.41. The van der Waals surface area contributed by atoms with E-state index in [2.05, 4.69) is 4.90 Å². The number of amides is 1. The minimum absolute atomic E-state index is 0.0893. The number of aliphatic carboxylic acids is 1. The van der Waals surface area contributed by atoms with Crippen molar-refractivity contribution in [2.24, 2.45) is 16.7 Å². The number of benzene rings is 1. The van der Waals surface area contributed by atoms with Gasteiger partial charge in [-0.3, -0.25) is 14.5 Å². The smallest absolute Gasteiger partial charge is 0.309 e. The van der Waals surface area contributed by atoms with Crippen molar-refractivity contribution in [1.29, 1.82) is 0 Å². The maximum Gasteiger partial charge on any atom is 0.309 e. The molecule has 0 aromatic heterocycles. The zero-order chi connectivity index (χ0) is 19.8. The van der Waals surface area contributed by atoms with Gasteiger partial charge in [0.2, 0.25) is 5.91 Å². The first kappa shape index (κ1) is 19.8. The lowest BCUT2D eigenvalue weighted by atomic mass is 9.65. The molecule has 2 fully saturated rings. The maximum atomic E-state index is 13.1. The van der Waals surface area contributed by atoms with Crippen molar-refractivity contribution in [3.05, 3.63) is 35.6 Å². The Labute approximate surface area is 160 Å². The van der Waals surface area contributed by atoms with Crippen LogP contribution in [0.2, 0.25) is 0 Å². The summed E-state index contributed by atoms with van der Waals surface area (Å²) in [7, 11) is 0. The molecule has 0 spiro atoms. The highest BCUT2D eigenvalue weighted by molar-refractivity contribution is 5.84. The lowest BCUT2D eigenvalue weighted by molar-refractivity contribution is -0.156. The summed E-state index contributed by atoms with van der Waals surface area (Å²) in [6, 6.07) is 6.52. The molecule has 1 aliphatic carbocycles. The van der Waals surface area contributed by atoms with Crippen LogP contribution in [0.4, 0.5) is 4.39 Å². The van der Waals surface area contributed by atoms with Crippen molar-refractivity contribution in [3.63, 3.8) is 0 Å². The minimum atomic E-state index is -0.863. The Morgan fingerprint density at radius 2 is 1.70 bits per heavy atom. The van der Waals surface area contributed by atoms with Gasteiger partial charge in [-0.25, -0.2) is 4.39 Å². The molecule has 0 radical (unpaired) electrons. The van der Waals surface area contributed by atoms with Crippen LogP contribution in [0.5, 0.6) is 0 Å². The van der Waals surface area contributed by atoms with E-state index in [4.69, 9.17) is 0 Å². The van der Waals surface area contributed by atoms with Gasteiger partial charge in [0.15, 0.2) is 0 Å². The number of carbonyl (C=O) groups excluding carboxylic acids is 1. The third-order valence-corrected chi connectivity index (χ3v) is 7.00. The van der Waals surface area contributed by atoms with E-state index in [1.54, 1.807) is 19.1 Å². The quantitative estimate of drug-likeness (QED) is 0.878. The fraction of sp³-hybridized carbons (Fsp3) is 0.619. The van der Waals surface area contributed by atoms with E-state index < -0.39 is 16.8 Å². The highest BCUT2D eigenvalue weighted by Gasteiger charge is 2.58. The van der Waals surface area contributed by atoms with Gasteiger partial charge in [0, 0.05) is 38.6 Å². The second-order valence-electron chi connectivity index (χ2n) is 8.68. The van der Waals surface area contributed by atoms with Crippen LogP contribution < -0.4 is 0 Å². The second kappa shape index (κ2) is 7.23. The molecule has 3 rings (SSSR count). The van der Waals surface area contributed by atoms with Gasteiger partial charge >= 0.3 is 5.97 Å². The predicted molar refractivity (Wildman–Crippen MR) is 101 cm³/mol. The Morgan fingerprint density at radius 1 is 1.11 bits per heavy atom. The first-order valence-corrected chi connectivity index (χ1v) is 9.64. The fourth-order valence-electron chi connectivity index (χ4n) is 4.51. The Bertz CT molecular complexity index is 711. The summed E-state index contributed by atoms with van der Waals surface area (Å²) in [5.41, 5.74) is -0.371. The van der Waals surface area contributed by atoms with Crippen molar-refractivity contribution in [2.45, 2.75) is 40.2 Å². The fourth-order valence-corrected chi connectivity index (χ4v) is 4.51. The van der Waals surface area contributed by atoms with E-state index in [-0.39, 0.29) is 17.6 Å². The highest BCUT2D eigenvalue weighted by Crippen LogP contribution is 2.56. The average Bonchev–Trinajstić information content (AvgIpc) is 2.88. The minimum Gasteiger partial charge on any atom is -0.481 e. The third kappa shape index (κ3) is 3.59. The summed E-state index contributed by atoms with van der Waals surface area (Å²) in [5, 5.41) is 9.66. The van der Waals surface area contributed by atoms with E-state index in [1.807, 2.05) is 18.7 Å². The number of halogens is 1. The van der Waals surface area contributed by atoms with E-state index in [1.165, 1.54) is 12.1 Å². The summed E-state index contributed by atoms with van der Waals surface area (Å²) < 4.78 is 13.0. The van der Waals surface area contributed by atoms with Crippen molar-refractivity contribution < 1.29 is 19.1 Å². The van der Waals surface area contributed by atoms with Gasteiger partial charge in [-0.15, -0.1) is 0 Å². The summed E-state index contributed by atoms with van der Waals surface area (Å²) in [6.45, 7) is 9.19. The molecule has 0 bridgehead atoms. The largest absolute Gasteiger partial charge is 0.481 e. The molecule has 5 nitrogen and oxygen atoms in total. The average molecular weight is 376 g/mol. The number of hydrogen-bond donors (Lipinski definition) is 1. The number of hydrogen-bond acceptors (Lipinski definition) is 3. The SMILES string of the molecule is CC1(C)[C@@H](C(=O)N2CCN(Cc3ccc(F)cc3)CC2)CC[C@@]1(C)C(=O)O. The van der Waals surface area contributed by atoms with Crippen molar-refractivity contribution in [2.75, 3.05) is 26.2 Å². The molecule has 2 atom stereocenters. The zero-order valence-electron chi connectivity index (χ0n) is 16.4. The van der Waals surface area contributed by atoms with Gasteiger partial charge in [-0.2, -0.15) is 0 Å². The van der Waals surface area contributed by atoms with Crippen LogP contribution in [0.15, 0.2) is 24.3 Å². The van der Waals surface area contributed by atoms with Crippen LogP contribution in [-0.4, -0.2) is 53.0 Å². The number of carboxylic acids is 1. The monoisotopic (exact) mass is 376 g/mol. The van der Waals surface area contributed by atoms with Crippen LogP contribution in [0.25, 0.3) is 0 Å². The predicted octanol–water partition coefficient (Wildman–Crippen LogP) is 3.00. The second-order valence-corrected chi connectivity index (χ2v) is 8.68. The molecule has 1 saturated heterocycles. The summed E-state index contributed by atoms with van der Waals surface area (Å²) in [6.07, 6.45) is 1.17. The lowest BCUT2D eigenvalue weighted by Crippen LogP contribution is -2.52. The maximum absolute atomic E-state index is 13.1. The molecule has 1 aliphatic heterocycles. The van der Waals surface area contributed by atoms with E-state index in [0.29, 0.717) is 25.9 Å². The number of carbonyl (C=O) groups is 2. The van der Waals surface area contributed by atoms with E-state index in [9.17, 15) is 19.1 Å². The van der Waals surface area contributed by atoms with Crippen LogP contribution in [0.3, 0.4) is 0 Å². The summed E-state index contributed by atoms with van der Waals surface area (Å²) in [4.78, 5) is 29.0. The number of piperazine rings is 1. The Kier molecular flexibility index (Phi) is 5.30. The highest BCUT2D eigenvalue weighted by atomic mass is 19.1. The molecule has 6 heteroatoms. The normalized spacial score (nSPS) is 28.3.